The lowest BCUT2D eigenvalue weighted by Crippen LogP contribution is -2.45. The Morgan fingerprint density at radius 2 is 1.47 bits per heavy atom. The molecule has 0 saturated carbocycles. The lowest BCUT2D eigenvalue weighted by Gasteiger charge is -2.37. The number of benzene rings is 2. The Bertz CT molecular complexity index is 1850. The van der Waals surface area contributed by atoms with Crippen molar-refractivity contribution in [1.29, 1.82) is 0 Å². The molecule has 1 amide bonds. The number of aromatic nitrogens is 2. The third kappa shape index (κ3) is 14.1. The third-order valence-corrected chi connectivity index (χ3v) is 14.4. The first-order chi connectivity index (χ1) is 26.4. The summed E-state index contributed by atoms with van der Waals surface area (Å²) in [5.74, 6) is -0.191. The lowest BCUT2D eigenvalue weighted by atomic mass is 10.1. The Labute approximate surface area is 342 Å². The number of carbonyl (C=O) groups is 3. The van der Waals surface area contributed by atoms with Gasteiger partial charge in [0, 0.05) is 11.5 Å². The Morgan fingerprint density at radius 1 is 0.860 bits per heavy atom. The van der Waals surface area contributed by atoms with Crippen LogP contribution in [0.25, 0.3) is 10.9 Å². The monoisotopic (exact) mass is 832 g/mol. The minimum atomic E-state index is -2.55. The first kappa shape index (κ1) is 47.4. The average molecular weight is 833 g/mol. The summed E-state index contributed by atoms with van der Waals surface area (Å²) < 4.78 is 55.4. The van der Waals surface area contributed by atoms with Crippen LogP contribution in [-0.2, 0) is 41.1 Å². The zero-order valence-corrected chi connectivity index (χ0v) is 37.9. The van der Waals surface area contributed by atoms with Crippen molar-refractivity contribution in [3.05, 3.63) is 53.7 Å². The molecule has 3 aromatic rings. The van der Waals surface area contributed by atoms with Gasteiger partial charge in [0.15, 0.2) is 8.32 Å². The van der Waals surface area contributed by atoms with Gasteiger partial charge in [-0.05, 0) is 117 Å². The van der Waals surface area contributed by atoms with E-state index in [4.69, 9.17) is 23.4 Å². The Kier molecular flexibility index (Phi) is 16.3. The fourth-order valence-electron chi connectivity index (χ4n) is 6.13. The molecule has 2 atom stereocenters. The maximum atomic E-state index is 13.9. The van der Waals surface area contributed by atoms with Crippen molar-refractivity contribution in [2.24, 2.45) is 0 Å². The van der Waals surface area contributed by atoms with Gasteiger partial charge >= 0.3 is 18.2 Å². The Morgan fingerprint density at radius 3 is 2.02 bits per heavy atom. The van der Waals surface area contributed by atoms with Crippen LogP contribution in [0.5, 0.6) is 5.75 Å². The van der Waals surface area contributed by atoms with Crippen LogP contribution in [0.3, 0.4) is 0 Å². The van der Waals surface area contributed by atoms with Crippen molar-refractivity contribution in [2.45, 2.75) is 137 Å². The summed E-state index contributed by atoms with van der Waals surface area (Å²) in [5.41, 5.74) is -0.0355. The van der Waals surface area contributed by atoms with Gasteiger partial charge in [-0.2, -0.15) is 9.78 Å². The third-order valence-electron chi connectivity index (χ3n) is 9.03. The molecule has 0 aliphatic carbocycles. The molecule has 0 fully saturated rings. The number of anilines is 1. The summed E-state index contributed by atoms with van der Waals surface area (Å²) in [5, 5.41) is 5.32. The summed E-state index contributed by atoms with van der Waals surface area (Å²) in [7, 11) is -2.33. The summed E-state index contributed by atoms with van der Waals surface area (Å²) >= 11 is -2.55. The molecular formula is C41H64N4O10SSi. The molecule has 2 aromatic carbocycles. The number of hydrogen-bond acceptors (Lipinski definition) is 10. The Balaban J connectivity index is 2.01. The van der Waals surface area contributed by atoms with Crippen LogP contribution < -0.4 is 9.04 Å². The van der Waals surface area contributed by atoms with Gasteiger partial charge in [0.25, 0.3) is 11.3 Å². The fourth-order valence-corrected chi connectivity index (χ4v) is 9.46. The van der Waals surface area contributed by atoms with E-state index < -0.39 is 67.2 Å². The van der Waals surface area contributed by atoms with Crippen molar-refractivity contribution in [1.82, 2.24) is 14.7 Å². The van der Waals surface area contributed by atoms with E-state index in [1.165, 1.54) is 4.68 Å². The van der Waals surface area contributed by atoms with Crippen LogP contribution in [0, 0.1) is 0 Å². The quantitative estimate of drug-likeness (QED) is 0.0599. The average Bonchev–Trinajstić information content (AvgIpc) is 3.48. The first-order valence-corrected chi connectivity index (χ1v) is 23.3. The minimum Gasteiger partial charge on any atom is -0.492 e. The molecule has 1 heterocycles. The molecule has 0 saturated heterocycles. The van der Waals surface area contributed by atoms with Crippen LogP contribution in [-0.4, -0.2) is 93.0 Å². The van der Waals surface area contributed by atoms with Crippen LogP contribution in [0.2, 0.25) is 18.1 Å². The van der Waals surface area contributed by atoms with E-state index in [1.807, 2.05) is 19.1 Å². The molecule has 1 N–H and O–H groups in total. The predicted octanol–water partition coefficient (Wildman–Crippen LogP) is 9.05. The second-order valence-electron chi connectivity index (χ2n) is 16.9. The molecule has 0 bridgehead atoms. The molecule has 1 aromatic heterocycles. The highest BCUT2D eigenvalue weighted by Gasteiger charge is 2.35. The highest BCUT2D eigenvalue weighted by Crippen LogP contribution is 2.33. The van der Waals surface area contributed by atoms with Crippen molar-refractivity contribution < 1.29 is 46.5 Å². The SMILES string of the molecule is CCc1nn(C(=O)OC(C)(C)C)c2cc(OCCN(CC(O[Si](CC)(CC)CC)c3cccc(N(CC(=O)OC(C)(C)C)S(=O)O)c3)C(=O)OC(C)(C)C)ccc12. The van der Waals surface area contributed by atoms with Gasteiger partial charge in [-0.1, -0.05) is 39.8 Å². The van der Waals surface area contributed by atoms with Crippen LogP contribution in [0.15, 0.2) is 42.5 Å². The van der Waals surface area contributed by atoms with E-state index in [-0.39, 0.29) is 19.7 Å². The molecule has 0 aliphatic heterocycles. The molecule has 0 spiro atoms. The lowest BCUT2D eigenvalue weighted by molar-refractivity contribution is -0.152. The summed E-state index contributed by atoms with van der Waals surface area (Å²) in [6.45, 7) is 24.0. The Hall–Kier alpha value is -3.99. The number of amides is 1. The number of nitrogens with zero attached hydrogens (tertiary/aromatic N) is 4. The molecule has 2 unspecified atom stereocenters. The molecule has 16 heteroatoms. The number of rotatable bonds is 17. The first-order valence-electron chi connectivity index (χ1n) is 19.7. The number of aryl methyl sites for hydroxylation is 1. The zero-order valence-electron chi connectivity index (χ0n) is 36.1. The van der Waals surface area contributed by atoms with E-state index in [0.29, 0.717) is 28.9 Å². The summed E-state index contributed by atoms with van der Waals surface area (Å²) in [4.78, 5) is 41.3. The number of ether oxygens (including phenoxy) is 4. The maximum Gasteiger partial charge on any atom is 0.435 e. The van der Waals surface area contributed by atoms with E-state index in [9.17, 15) is 23.1 Å². The van der Waals surface area contributed by atoms with Crippen molar-refractivity contribution in [3.63, 3.8) is 0 Å². The second kappa shape index (κ2) is 19.6. The van der Waals surface area contributed by atoms with Crippen molar-refractivity contribution >= 4 is 54.3 Å². The maximum absolute atomic E-state index is 13.9. The molecule has 0 radical (unpaired) electrons. The zero-order chi connectivity index (χ0) is 42.9. The topological polar surface area (TPSA) is 159 Å². The fraction of sp³-hybridized carbons (Fsp3) is 0.610. The van der Waals surface area contributed by atoms with Gasteiger partial charge in [0.1, 0.15) is 35.7 Å². The summed E-state index contributed by atoms with van der Waals surface area (Å²) in [6, 6.07) is 14.8. The molecule has 0 aliphatic rings. The predicted molar refractivity (Wildman–Crippen MR) is 225 cm³/mol. The highest BCUT2D eigenvalue weighted by atomic mass is 32.2. The van der Waals surface area contributed by atoms with E-state index in [0.717, 1.165) is 33.5 Å². The molecule has 318 valence electrons. The normalized spacial score (nSPS) is 13.5. The van der Waals surface area contributed by atoms with Gasteiger partial charge in [-0.25, -0.2) is 13.8 Å². The van der Waals surface area contributed by atoms with Crippen LogP contribution in [0.4, 0.5) is 15.3 Å². The van der Waals surface area contributed by atoms with Crippen LogP contribution >= 0.6 is 0 Å². The van der Waals surface area contributed by atoms with Crippen molar-refractivity contribution in [3.8, 4) is 5.75 Å². The minimum absolute atomic E-state index is 0.0732. The smallest absolute Gasteiger partial charge is 0.435 e. The van der Waals surface area contributed by atoms with Crippen molar-refractivity contribution in [2.75, 3.05) is 30.5 Å². The molecular weight excluding hydrogens is 769 g/mol. The number of esters is 1. The van der Waals surface area contributed by atoms with E-state index in [1.54, 1.807) is 97.5 Å². The summed E-state index contributed by atoms with van der Waals surface area (Å²) in [6.07, 6.45) is -1.21. The molecule has 14 nitrogen and oxygen atoms in total. The largest absolute Gasteiger partial charge is 0.492 e. The van der Waals surface area contributed by atoms with Gasteiger partial charge in [-0.3, -0.25) is 13.7 Å². The second-order valence-corrected chi connectivity index (χ2v) is 22.6. The van der Waals surface area contributed by atoms with Gasteiger partial charge in [0.05, 0.1) is 36.1 Å². The van der Waals surface area contributed by atoms with Gasteiger partial charge < -0.3 is 28.3 Å². The number of carbonyl (C=O) groups excluding carboxylic acids is 3. The molecule has 3 rings (SSSR count). The number of hydrogen-bond donors (Lipinski definition) is 1. The highest BCUT2D eigenvalue weighted by molar-refractivity contribution is 7.80. The van der Waals surface area contributed by atoms with E-state index >= 15 is 0 Å². The number of fused-ring (bicyclic) bond motifs is 1. The van der Waals surface area contributed by atoms with E-state index in [2.05, 4.69) is 25.9 Å². The molecule has 57 heavy (non-hydrogen) atoms. The standard InChI is InChI=1S/C41H64N4O10SSi/c1-14-33-32-22-21-31(26-34(32)45(42-33)38(48)54-41(11,12)13)51-24-23-43(37(47)53-40(8,9)10)27-35(55-57(15-2,16-3)17-4)29-19-18-20-30(25-29)44(56(49)50)28-36(46)52-39(5,6)7/h18-22,25-26,35H,14-17,23-24,27-28H2,1-13H3,(H,49,50). The van der Waals surface area contributed by atoms with Crippen LogP contribution in [0.1, 0.15) is 107 Å². The van der Waals surface area contributed by atoms with Gasteiger partial charge in [0.2, 0.25) is 0 Å². The van der Waals surface area contributed by atoms with Gasteiger partial charge in [-0.15, -0.1) is 0 Å².